The number of para-hydroxylation sites is 1. The van der Waals surface area contributed by atoms with E-state index in [4.69, 9.17) is 0 Å². The standard InChI is InChI=1S/C15H18N2O2/c1-9(2)12(18)15(3,4)14-16-11-8-6-5-7-10(11)13(19)17-14/h5-9H,1-4H3,(H,16,17,19). The van der Waals surface area contributed by atoms with Crippen LogP contribution in [0.15, 0.2) is 29.1 Å². The van der Waals surface area contributed by atoms with Crippen LogP contribution in [0.25, 0.3) is 10.9 Å². The lowest BCUT2D eigenvalue weighted by Crippen LogP contribution is -2.36. The van der Waals surface area contributed by atoms with E-state index < -0.39 is 5.41 Å². The fraction of sp³-hybridized carbons (Fsp3) is 0.400. The van der Waals surface area contributed by atoms with E-state index in [1.165, 1.54) is 0 Å². The number of aromatic amines is 1. The topological polar surface area (TPSA) is 62.8 Å². The number of fused-ring (bicyclic) bond motifs is 1. The van der Waals surface area contributed by atoms with Crippen LogP contribution in [0, 0.1) is 5.92 Å². The normalized spacial score (nSPS) is 12.1. The largest absolute Gasteiger partial charge is 0.309 e. The first-order valence-electron chi connectivity index (χ1n) is 6.38. The highest BCUT2D eigenvalue weighted by atomic mass is 16.1. The smallest absolute Gasteiger partial charge is 0.258 e. The SMILES string of the molecule is CC(C)C(=O)C(C)(C)c1nc2ccccc2c(=O)[nH]1. The van der Waals surface area contributed by atoms with Crippen LogP contribution in [-0.4, -0.2) is 15.8 Å². The molecule has 1 aromatic heterocycles. The maximum absolute atomic E-state index is 12.3. The Balaban J connectivity index is 2.64. The van der Waals surface area contributed by atoms with Crippen LogP contribution in [-0.2, 0) is 10.2 Å². The molecular weight excluding hydrogens is 240 g/mol. The number of hydrogen-bond donors (Lipinski definition) is 1. The maximum Gasteiger partial charge on any atom is 0.258 e. The van der Waals surface area contributed by atoms with Gasteiger partial charge in [0, 0.05) is 5.92 Å². The molecule has 4 heteroatoms. The van der Waals surface area contributed by atoms with Crippen LogP contribution in [0.3, 0.4) is 0 Å². The van der Waals surface area contributed by atoms with Gasteiger partial charge in [-0.25, -0.2) is 4.98 Å². The summed E-state index contributed by atoms with van der Waals surface area (Å²) >= 11 is 0. The minimum Gasteiger partial charge on any atom is -0.309 e. The molecule has 4 nitrogen and oxygen atoms in total. The van der Waals surface area contributed by atoms with Crippen molar-refractivity contribution in [1.82, 2.24) is 9.97 Å². The van der Waals surface area contributed by atoms with Gasteiger partial charge < -0.3 is 4.98 Å². The highest BCUT2D eigenvalue weighted by molar-refractivity contribution is 5.90. The van der Waals surface area contributed by atoms with E-state index >= 15 is 0 Å². The van der Waals surface area contributed by atoms with Crippen LogP contribution < -0.4 is 5.56 Å². The number of nitrogens with one attached hydrogen (secondary N) is 1. The van der Waals surface area contributed by atoms with Gasteiger partial charge in [-0.05, 0) is 26.0 Å². The highest BCUT2D eigenvalue weighted by Crippen LogP contribution is 2.24. The molecule has 0 aliphatic rings. The lowest BCUT2D eigenvalue weighted by Gasteiger charge is -2.24. The van der Waals surface area contributed by atoms with Gasteiger partial charge in [0.15, 0.2) is 0 Å². The summed E-state index contributed by atoms with van der Waals surface area (Å²) in [7, 11) is 0. The summed E-state index contributed by atoms with van der Waals surface area (Å²) in [6.07, 6.45) is 0. The molecule has 100 valence electrons. The maximum atomic E-state index is 12.3. The number of nitrogens with zero attached hydrogens (tertiary/aromatic N) is 1. The summed E-state index contributed by atoms with van der Waals surface area (Å²) in [6.45, 7) is 7.29. The van der Waals surface area contributed by atoms with Crippen LogP contribution in [0.1, 0.15) is 33.5 Å². The Bertz CT molecular complexity index is 684. The van der Waals surface area contributed by atoms with Crippen molar-refractivity contribution in [2.24, 2.45) is 5.92 Å². The van der Waals surface area contributed by atoms with Crippen LogP contribution in [0.2, 0.25) is 0 Å². The molecule has 0 atom stereocenters. The number of carbonyl (C=O) groups excluding carboxylic acids is 1. The van der Waals surface area contributed by atoms with Gasteiger partial charge in [-0.15, -0.1) is 0 Å². The van der Waals surface area contributed by atoms with Crippen LogP contribution >= 0.6 is 0 Å². The Kier molecular flexibility index (Phi) is 3.27. The average molecular weight is 258 g/mol. The third-order valence-corrected chi connectivity index (χ3v) is 3.35. The zero-order chi connectivity index (χ0) is 14.2. The van der Waals surface area contributed by atoms with Crippen molar-refractivity contribution in [2.45, 2.75) is 33.1 Å². The zero-order valence-corrected chi connectivity index (χ0v) is 11.7. The molecule has 0 radical (unpaired) electrons. The second-order valence-electron chi connectivity index (χ2n) is 5.58. The van der Waals surface area contributed by atoms with Crippen molar-refractivity contribution in [1.29, 1.82) is 0 Å². The van der Waals surface area contributed by atoms with Gasteiger partial charge in [0.25, 0.3) is 5.56 Å². The Labute approximate surface area is 111 Å². The quantitative estimate of drug-likeness (QED) is 0.919. The first-order chi connectivity index (χ1) is 8.84. The van der Waals surface area contributed by atoms with E-state index in [9.17, 15) is 9.59 Å². The number of carbonyl (C=O) groups is 1. The van der Waals surface area contributed by atoms with Gasteiger partial charge in [-0.3, -0.25) is 9.59 Å². The Morgan fingerprint density at radius 1 is 1.26 bits per heavy atom. The molecule has 0 spiro atoms. The first-order valence-corrected chi connectivity index (χ1v) is 6.38. The van der Waals surface area contributed by atoms with Gasteiger partial charge in [0.05, 0.1) is 16.3 Å². The number of aromatic nitrogens is 2. The molecule has 0 fully saturated rings. The third kappa shape index (κ3) is 2.30. The number of benzene rings is 1. The molecule has 2 rings (SSSR count). The lowest BCUT2D eigenvalue weighted by molar-refractivity contribution is -0.126. The van der Waals surface area contributed by atoms with Crippen molar-refractivity contribution in [2.75, 3.05) is 0 Å². The fourth-order valence-corrected chi connectivity index (χ4v) is 2.22. The van der Waals surface area contributed by atoms with Crippen LogP contribution in [0.4, 0.5) is 0 Å². The molecular formula is C15H18N2O2. The van der Waals surface area contributed by atoms with Crippen molar-refractivity contribution in [3.05, 3.63) is 40.4 Å². The number of ketones is 1. The molecule has 1 heterocycles. The molecule has 1 aromatic carbocycles. The van der Waals surface area contributed by atoms with Gasteiger partial charge in [0.2, 0.25) is 0 Å². The molecule has 0 saturated heterocycles. The second-order valence-corrected chi connectivity index (χ2v) is 5.58. The minimum atomic E-state index is -0.794. The van der Waals surface area contributed by atoms with Crippen LogP contribution in [0.5, 0.6) is 0 Å². The summed E-state index contributed by atoms with van der Waals surface area (Å²) in [5.74, 6) is 0.382. The Morgan fingerprint density at radius 3 is 2.53 bits per heavy atom. The van der Waals surface area contributed by atoms with E-state index in [-0.39, 0.29) is 17.3 Å². The van der Waals surface area contributed by atoms with Crippen molar-refractivity contribution in [3.63, 3.8) is 0 Å². The molecule has 0 aliphatic carbocycles. The summed E-state index contributed by atoms with van der Waals surface area (Å²) in [4.78, 5) is 31.5. The molecule has 2 aromatic rings. The summed E-state index contributed by atoms with van der Waals surface area (Å²) in [6, 6.07) is 7.13. The molecule has 0 unspecified atom stereocenters. The molecule has 0 saturated carbocycles. The minimum absolute atomic E-state index is 0.0610. The average Bonchev–Trinajstić information content (AvgIpc) is 2.37. The van der Waals surface area contributed by atoms with Crippen molar-refractivity contribution < 1.29 is 4.79 Å². The first kappa shape index (κ1) is 13.5. The predicted octanol–water partition coefficient (Wildman–Crippen LogP) is 2.43. The second kappa shape index (κ2) is 4.61. The fourth-order valence-electron chi connectivity index (χ4n) is 2.22. The molecule has 0 bridgehead atoms. The summed E-state index contributed by atoms with van der Waals surface area (Å²) in [5, 5.41) is 0.541. The van der Waals surface area contributed by atoms with Gasteiger partial charge in [-0.2, -0.15) is 0 Å². The summed E-state index contributed by atoms with van der Waals surface area (Å²) in [5.41, 5.74) is -0.381. The van der Waals surface area contributed by atoms with Gasteiger partial charge >= 0.3 is 0 Å². The lowest BCUT2D eigenvalue weighted by atomic mass is 9.81. The van der Waals surface area contributed by atoms with E-state index in [2.05, 4.69) is 9.97 Å². The van der Waals surface area contributed by atoms with E-state index in [1.54, 1.807) is 32.0 Å². The highest BCUT2D eigenvalue weighted by Gasteiger charge is 2.34. The zero-order valence-electron chi connectivity index (χ0n) is 11.7. The number of H-pyrrole nitrogens is 1. The molecule has 19 heavy (non-hydrogen) atoms. The van der Waals surface area contributed by atoms with Gasteiger partial charge in [0.1, 0.15) is 11.6 Å². The van der Waals surface area contributed by atoms with E-state index in [1.807, 2.05) is 19.9 Å². The Morgan fingerprint density at radius 2 is 1.89 bits per heavy atom. The third-order valence-electron chi connectivity index (χ3n) is 3.35. The molecule has 0 aliphatic heterocycles. The molecule has 1 N–H and O–H groups in total. The van der Waals surface area contributed by atoms with Crippen molar-refractivity contribution >= 4 is 16.7 Å². The number of Topliss-reactive ketones (excluding diaryl/α,β-unsaturated/α-hetero) is 1. The van der Waals surface area contributed by atoms with E-state index in [0.29, 0.717) is 16.7 Å². The monoisotopic (exact) mass is 258 g/mol. The number of rotatable bonds is 3. The predicted molar refractivity (Wildman–Crippen MR) is 75.2 cm³/mol. The van der Waals surface area contributed by atoms with Crippen molar-refractivity contribution in [3.8, 4) is 0 Å². The Hall–Kier alpha value is -1.97. The molecule has 0 amide bonds. The number of hydrogen-bond acceptors (Lipinski definition) is 3. The summed E-state index contributed by atoms with van der Waals surface area (Å²) < 4.78 is 0. The van der Waals surface area contributed by atoms with Gasteiger partial charge in [-0.1, -0.05) is 26.0 Å². The van der Waals surface area contributed by atoms with E-state index in [0.717, 1.165) is 0 Å².